The van der Waals surface area contributed by atoms with Crippen LogP contribution in [0.2, 0.25) is 0 Å². The number of nitrogens with zero attached hydrogens (tertiary/aromatic N) is 2. The summed E-state index contributed by atoms with van der Waals surface area (Å²) < 4.78 is 22.7. The van der Waals surface area contributed by atoms with Gasteiger partial charge in [-0.15, -0.1) is 0 Å². The van der Waals surface area contributed by atoms with Crippen LogP contribution >= 0.6 is 0 Å². The van der Waals surface area contributed by atoms with E-state index in [0.29, 0.717) is 29.0 Å². The van der Waals surface area contributed by atoms with Crippen LogP contribution in [0, 0.1) is 0 Å². The highest BCUT2D eigenvalue weighted by Gasteiger charge is 2.14. The van der Waals surface area contributed by atoms with Gasteiger partial charge in [0.25, 0.3) is 0 Å². The molecule has 0 aliphatic carbocycles. The zero-order chi connectivity index (χ0) is 20.7. The molecule has 136 valence electrons. The molecule has 28 heavy (non-hydrogen) atoms. The number of aryl methyl sites for hydroxylation is 1. The molecule has 3 aromatic heterocycles. The van der Waals surface area contributed by atoms with Crippen molar-refractivity contribution in [3.63, 3.8) is 0 Å². The fraction of sp³-hybridized carbons (Fsp3) is 0.120. The summed E-state index contributed by atoms with van der Waals surface area (Å²) in [4.78, 5) is 9.24. The van der Waals surface area contributed by atoms with Gasteiger partial charge in [0.1, 0.15) is 5.58 Å². The van der Waals surface area contributed by atoms with Gasteiger partial charge in [-0.2, -0.15) is 0 Å². The zero-order valence-electron chi connectivity index (χ0n) is 17.5. The van der Waals surface area contributed by atoms with E-state index >= 15 is 0 Å². The maximum absolute atomic E-state index is 8.24. The van der Waals surface area contributed by atoms with E-state index in [1.54, 1.807) is 12.3 Å². The summed E-state index contributed by atoms with van der Waals surface area (Å²) >= 11 is 0. The summed E-state index contributed by atoms with van der Waals surface area (Å²) in [5.74, 6) is 0. The van der Waals surface area contributed by atoms with Crippen LogP contribution in [0.15, 0.2) is 83.4 Å². The fourth-order valence-corrected chi connectivity index (χ4v) is 3.54. The molecule has 0 atom stereocenters. The van der Waals surface area contributed by atoms with Crippen LogP contribution < -0.4 is 0 Å². The van der Waals surface area contributed by atoms with Crippen molar-refractivity contribution in [3.05, 3.63) is 84.6 Å². The van der Waals surface area contributed by atoms with Crippen LogP contribution in [0.4, 0.5) is 0 Å². The van der Waals surface area contributed by atoms with Gasteiger partial charge in [-0.3, -0.25) is 4.98 Å². The highest BCUT2D eigenvalue weighted by Crippen LogP contribution is 2.35. The van der Waals surface area contributed by atoms with E-state index in [0.717, 1.165) is 27.6 Å². The summed E-state index contributed by atoms with van der Waals surface area (Å²) in [6.07, 6.45) is 0.661. The third-order valence-electron chi connectivity index (χ3n) is 4.85. The van der Waals surface area contributed by atoms with Gasteiger partial charge in [0.15, 0.2) is 0 Å². The number of aromatic nitrogens is 2. The van der Waals surface area contributed by atoms with E-state index in [4.69, 9.17) is 12.1 Å². The fourth-order valence-electron chi connectivity index (χ4n) is 3.54. The van der Waals surface area contributed by atoms with Gasteiger partial charge >= 0.3 is 0 Å². The van der Waals surface area contributed by atoms with E-state index in [2.05, 4.69) is 4.98 Å². The molecule has 0 spiro atoms. The van der Waals surface area contributed by atoms with Crippen molar-refractivity contribution in [2.75, 3.05) is 0 Å². The molecule has 2 aromatic carbocycles. The van der Waals surface area contributed by atoms with Crippen molar-refractivity contribution in [3.8, 4) is 22.5 Å². The number of furan rings is 1. The zero-order valence-corrected chi connectivity index (χ0v) is 15.5. The van der Waals surface area contributed by atoms with E-state index in [-0.39, 0.29) is 0 Å². The van der Waals surface area contributed by atoms with E-state index < -0.39 is 6.37 Å². The van der Waals surface area contributed by atoms with Gasteiger partial charge in [0.2, 0.25) is 5.71 Å². The second kappa shape index (κ2) is 6.93. The summed E-state index contributed by atoms with van der Waals surface area (Å²) in [6.45, 7) is 1.84. The summed E-state index contributed by atoms with van der Waals surface area (Å²) in [6, 6.07) is 23.6. The lowest BCUT2D eigenvalue weighted by molar-refractivity contribution is 0.655. The Kier molecular flexibility index (Phi) is 3.61. The molecule has 0 radical (unpaired) electrons. The predicted molar refractivity (Wildman–Crippen MR) is 114 cm³/mol. The van der Waals surface area contributed by atoms with Crippen LogP contribution in [0.5, 0.6) is 0 Å². The highest BCUT2D eigenvalue weighted by molar-refractivity contribution is 6.08. The molecular weight excluding hydrogens is 344 g/mol. The molecule has 3 heteroatoms. The number of benzene rings is 2. The highest BCUT2D eigenvalue weighted by atomic mass is 16.3. The molecule has 3 heterocycles. The second-order valence-electron chi connectivity index (χ2n) is 6.66. The topological polar surface area (TPSA) is 38.9 Å². The minimum Gasteiger partial charge on any atom is -0.437 e. The number of rotatable bonds is 4. The quantitative estimate of drug-likeness (QED) is 0.357. The molecule has 0 N–H and O–H groups in total. The minimum atomic E-state index is -1.40. The van der Waals surface area contributed by atoms with Crippen molar-refractivity contribution in [1.29, 1.82) is 0 Å². The van der Waals surface area contributed by atoms with Gasteiger partial charge in [0.05, 0.1) is 11.4 Å². The first-order valence-corrected chi connectivity index (χ1v) is 9.41. The lowest BCUT2D eigenvalue weighted by atomic mass is 10.0. The molecule has 0 aliphatic heterocycles. The molecule has 0 saturated heterocycles. The molecule has 3 nitrogen and oxygen atoms in total. The number of pyridine rings is 2. The van der Waals surface area contributed by atoms with E-state index in [9.17, 15) is 0 Å². The molecular formula is C25H20N2O. The van der Waals surface area contributed by atoms with Crippen molar-refractivity contribution in [1.82, 2.24) is 9.97 Å². The van der Waals surface area contributed by atoms with Gasteiger partial charge < -0.3 is 4.42 Å². The second-order valence-corrected chi connectivity index (χ2v) is 6.66. The first-order valence-electron chi connectivity index (χ1n) is 10.4. The number of para-hydroxylation sites is 1. The van der Waals surface area contributed by atoms with Crippen LogP contribution in [-0.2, 0) is 6.37 Å². The Hall–Kier alpha value is -3.46. The summed E-state index contributed by atoms with van der Waals surface area (Å²) in [5, 5.41) is 1.92. The smallest absolute Gasteiger partial charge is 0.227 e. The van der Waals surface area contributed by atoms with E-state index in [1.807, 2.05) is 73.7 Å². The Morgan fingerprint density at radius 2 is 1.79 bits per heavy atom. The maximum atomic E-state index is 8.24. The van der Waals surface area contributed by atoms with Gasteiger partial charge in [-0.1, -0.05) is 55.8 Å². The lowest BCUT2D eigenvalue weighted by Gasteiger charge is -2.04. The number of fused-ring (bicyclic) bond motifs is 3. The average Bonchev–Trinajstić information content (AvgIpc) is 3.17. The minimum absolute atomic E-state index is 0.400. The Labute approximate surface area is 166 Å². The van der Waals surface area contributed by atoms with Crippen molar-refractivity contribution < 1.29 is 7.16 Å². The van der Waals surface area contributed by atoms with Crippen LogP contribution in [0.1, 0.15) is 21.6 Å². The molecule has 5 rings (SSSR count). The Morgan fingerprint density at radius 1 is 0.893 bits per heavy atom. The molecule has 0 bridgehead atoms. The number of hydrogen-bond donors (Lipinski definition) is 0. The van der Waals surface area contributed by atoms with Crippen molar-refractivity contribution in [2.24, 2.45) is 0 Å². The molecule has 5 aromatic rings. The maximum Gasteiger partial charge on any atom is 0.227 e. The first kappa shape index (κ1) is 14.6. The third kappa shape index (κ3) is 2.85. The van der Waals surface area contributed by atoms with Crippen LogP contribution in [0.3, 0.4) is 0 Å². The van der Waals surface area contributed by atoms with Crippen molar-refractivity contribution >= 4 is 22.1 Å². The largest absolute Gasteiger partial charge is 0.437 e. The molecule has 0 unspecified atom stereocenters. The third-order valence-corrected chi connectivity index (χ3v) is 4.85. The molecule has 0 saturated carbocycles. The van der Waals surface area contributed by atoms with Crippen LogP contribution in [-0.4, -0.2) is 9.97 Å². The van der Waals surface area contributed by atoms with Gasteiger partial charge in [-0.25, -0.2) is 4.98 Å². The first-order chi connectivity index (χ1) is 14.6. The monoisotopic (exact) mass is 366 g/mol. The molecule has 0 amide bonds. The molecule has 0 fully saturated rings. The predicted octanol–water partition coefficient (Wildman–Crippen LogP) is 6.66. The Balaban J connectivity index is 1.68. The standard InChI is InChI=1S/C25H20N2O/c1-2-7-17-14-15-26-23(16-17)21-11-6-10-19-20-12-13-22(18-8-4-3-5-9-18)27-25(20)28-24(19)21/h3-6,8-16H,2,7H2,1H3/i7D2. The number of hydrogen-bond acceptors (Lipinski definition) is 3. The van der Waals surface area contributed by atoms with Crippen molar-refractivity contribution in [2.45, 2.75) is 19.7 Å². The average molecular weight is 366 g/mol. The summed E-state index contributed by atoms with van der Waals surface area (Å²) in [7, 11) is 0. The van der Waals surface area contributed by atoms with Gasteiger partial charge in [-0.05, 0) is 42.3 Å². The Bertz CT molecular complexity index is 1360. The summed E-state index contributed by atoms with van der Waals surface area (Å²) in [5.41, 5.74) is 5.34. The SMILES string of the molecule is [2H]C([2H])(CC)c1ccnc(-c2cccc3c2oc2nc(-c4ccccc4)ccc23)c1. The lowest BCUT2D eigenvalue weighted by Crippen LogP contribution is -1.88. The van der Waals surface area contributed by atoms with Crippen LogP contribution in [0.25, 0.3) is 44.6 Å². The Morgan fingerprint density at radius 3 is 2.64 bits per heavy atom. The normalized spacial score (nSPS) is 12.9. The molecule has 0 aliphatic rings. The van der Waals surface area contributed by atoms with Gasteiger partial charge in [0, 0.05) is 30.8 Å². The van der Waals surface area contributed by atoms with E-state index in [1.165, 1.54) is 0 Å².